The van der Waals surface area contributed by atoms with Gasteiger partial charge in [0.2, 0.25) is 0 Å². The van der Waals surface area contributed by atoms with E-state index in [1.54, 1.807) is 30.6 Å². The zero-order valence-electron chi connectivity index (χ0n) is 9.71. The number of carbonyl (C=O) groups excluding carboxylic acids is 1. The van der Waals surface area contributed by atoms with Crippen molar-refractivity contribution in [2.75, 3.05) is 0 Å². The molecule has 2 aromatic heterocycles. The fraction of sp³-hybridized carbons (Fsp3) is 0.167. The Labute approximate surface area is 104 Å². The van der Waals surface area contributed by atoms with E-state index in [0.717, 1.165) is 5.69 Å². The van der Waals surface area contributed by atoms with Gasteiger partial charge >= 0.3 is 0 Å². The third kappa shape index (κ3) is 3.08. The summed E-state index contributed by atoms with van der Waals surface area (Å²) < 4.78 is 0. The minimum Gasteiger partial charge on any atom is -0.346 e. The van der Waals surface area contributed by atoms with Gasteiger partial charge in [-0.25, -0.2) is 9.97 Å². The van der Waals surface area contributed by atoms with Crippen LogP contribution in [0.15, 0.2) is 36.9 Å². The van der Waals surface area contributed by atoms with Crippen molar-refractivity contribution in [3.8, 4) is 0 Å². The molecule has 2 rings (SSSR count). The van der Waals surface area contributed by atoms with Crippen molar-refractivity contribution < 1.29 is 4.79 Å². The van der Waals surface area contributed by atoms with Crippen molar-refractivity contribution in [2.45, 2.75) is 13.1 Å². The van der Waals surface area contributed by atoms with Crippen molar-refractivity contribution in [3.63, 3.8) is 0 Å². The Balaban J connectivity index is 1.99. The van der Waals surface area contributed by atoms with Crippen LogP contribution in [0.3, 0.4) is 0 Å². The summed E-state index contributed by atoms with van der Waals surface area (Å²) in [6, 6.07) is 5.07. The maximum atomic E-state index is 11.9. The van der Waals surface area contributed by atoms with E-state index in [-0.39, 0.29) is 5.91 Å². The smallest absolute Gasteiger partial charge is 0.251 e. The van der Waals surface area contributed by atoms with E-state index >= 15 is 0 Å². The summed E-state index contributed by atoms with van der Waals surface area (Å²) in [6.45, 7) is 0.675. The Bertz CT molecular complexity index is 529. The first kappa shape index (κ1) is 12.1. The Morgan fingerprint density at radius 2 is 2.11 bits per heavy atom. The van der Waals surface area contributed by atoms with Gasteiger partial charge in [0.25, 0.3) is 5.91 Å². The summed E-state index contributed by atoms with van der Waals surface area (Å²) in [6.07, 6.45) is 4.65. The highest BCUT2D eigenvalue weighted by Crippen LogP contribution is 2.01. The molecule has 0 aliphatic rings. The summed E-state index contributed by atoms with van der Waals surface area (Å²) in [5.74, 6) is -0.175. The first-order valence-corrected chi connectivity index (χ1v) is 5.47. The average molecular weight is 243 g/mol. The number of carbonyl (C=O) groups is 1. The number of nitrogens with zero attached hydrogens (tertiary/aromatic N) is 3. The second-order valence-electron chi connectivity index (χ2n) is 3.62. The highest BCUT2D eigenvalue weighted by atomic mass is 16.1. The molecule has 0 spiro atoms. The largest absolute Gasteiger partial charge is 0.346 e. The fourth-order valence-electron chi connectivity index (χ4n) is 1.43. The molecule has 0 fully saturated rings. The van der Waals surface area contributed by atoms with Crippen LogP contribution in [0.1, 0.15) is 21.7 Å². The Morgan fingerprint density at radius 1 is 1.22 bits per heavy atom. The third-order valence-corrected chi connectivity index (χ3v) is 2.36. The molecule has 0 unspecified atom stereocenters. The van der Waals surface area contributed by atoms with E-state index in [0.29, 0.717) is 24.3 Å². The molecule has 2 heterocycles. The van der Waals surface area contributed by atoms with Gasteiger partial charge in [0, 0.05) is 24.5 Å². The highest BCUT2D eigenvalue weighted by molar-refractivity contribution is 5.94. The minimum absolute atomic E-state index is 0.175. The van der Waals surface area contributed by atoms with Gasteiger partial charge in [0.05, 0.1) is 17.9 Å². The van der Waals surface area contributed by atoms with Gasteiger partial charge in [0.15, 0.2) is 0 Å². The van der Waals surface area contributed by atoms with E-state index in [1.807, 2.05) is 0 Å². The van der Waals surface area contributed by atoms with Gasteiger partial charge in [-0.05, 0) is 18.2 Å². The van der Waals surface area contributed by atoms with Crippen molar-refractivity contribution in [2.24, 2.45) is 5.73 Å². The average Bonchev–Trinajstić information content (AvgIpc) is 2.46. The van der Waals surface area contributed by atoms with Crippen molar-refractivity contribution in [3.05, 3.63) is 53.9 Å². The molecule has 18 heavy (non-hydrogen) atoms. The number of pyridine rings is 1. The highest BCUT2D eigenvalue weighted by Gasteiger charge is 2.06. The zero-order chi connectivity index (χ0) is 12.8. The lowest BCUT2D eigenvalue weighted by molar-refractivity contribution is 0.0950. The summed E-state index contributed by atoms with van der Waals surface area (Å²) >= 11 is 0. The summed E-state index contributed by atoms with van der Waals surface area (Å²) in [5, 5.41) is 2.77. The lowest BCUT2D eigenvalue weighted by Crippen LogP contribution is -2.23. The van der Waals surface area contributed by atoms with E-state index in [9.17, 15) is 4.79 Å². The molecule has 0 bridgehead atoms. The van der Waals surface area contributed by atoms with E-state index in [1.165, 1.54) is 6.33 Å². The fourth-order valence-corrected chi connectivity index (χ4v) is 1.43. The molecule has 0 saturated heterocycles. The maximum absolute atomic E-state index is 11.9. The van der Waals surface area contributed by atoms with E-state index in [4.69, 9.17) is 5.73 Å². The van der Waals surface area contributed by atoms with Gasteiger partial charge in [-0.2, -0.15) is 0 Å². The predicted molar refractivity (Wildman–Crippen MR) is 65.3 cm³/mol. The molecule has 1 amide bonds. The molecule has 0 aliphatic heterocycles. The summed E-state index contributed by atoms with van der Waals surface area (Å²) in [7, 11) is 0. The van der Waals surface area contributed by atoms with Crippen LogP contribution in [-0.4, -0.2) is 20.9 Å². The van der Waals surface area contributed by atoms with Crippen LogP contribution in [0.5, 0.6) is 0 Å². The number of hydrogen-bond acceptors (Lipinski definition) is 5. The molecule has 0 aliphatic carbocycles. The van der Waals surface area contributed by atoms with Gasteiger partial charge < -0.3 is 11.1 Å². The molecule has 92 valence electrons. The molecule has 0 radical (unpaired) electrons. The molecule has 3 N–H and O–H groups in total. The van der Waals surface area contributed by atoms with Crippen molar-refractivity contribution in [1.82, 2.24) is 20.3 Å². The molecule has 6 heteroatoms. The molecule has 2 aromatic rings. The number of nitrogens with one attached hydrogen (secondary N) is 1. The first-order chi connectivity index (χ1) is 8.79. The molecule has 0 saturated carbocycles. The van der Waals surface area contributed by atoms with Crippen LogP contribution < -0.4 is 11.1 Å². The van der Waals surface area contributed by atoms with Gasteiger partial charge in [-0.15, -0.1) is 0 Å². The topological polar surface area (TPSA) is 93.8 Å². The number of aromatic nitrogens is 3. The monoisotopic (exact) mass is 243 g/mol. The summed E-state index contributed by atoms with van der Waals surface area (Å²) in [5.41, 5.74) is 7.45. The van der Waals surface area contributed by atoms with Crippen LogP contribution >= 0.6 is 0 Å². The second kappa shape index (κ2) is 5.83. The van der Waals surface area contributed by atoms with Crippen LogP contribution in [0.4, 0.5) is 0 Å². The Morgan fingerprint density at radius 3 is 2.83 bits per heavy atom. The van der Waals surface area contributed by atoms with Crippen LogP contribution in [0, 0.1) is 0 Å². The van der Waals surface area contributed by atoms with E-state index < -0.39 is 0 Å². The molecule has 0 aromatic carbocycles. The maximum Gasteiger partial charge on any atom is 0.251 e. The van der Waals surface area contributed by atoms with Crippen molar-refractivity contribution >= 4 is 5.91 Å². The minimum atomic E-state index is -0.175. The number of rotatable bonds is 4. The lowest BCUT2D eigenvalue weighted by atomic mass is 10.2. The Hall–Kier alpha value is -2.34. The quantitative estimate of drug-likeness (QED) is 0.803. The molecular formula is C12H13N5O. The molecule has 0 atom stereocenters. The number of amides is 1. The van der Waals surface area contributed by atoms with E-state index in [2.05, 4.69) is 20.3 Å². The van der Waals surface area contributed by atoms with Crippen LogP contribution in [-0.2, 0) is 13.1 Å². The third-order valence-electron chi connectivity index (χ3n) is 2.36. The number of nitrogens with two attached hydrogens (primary N) is 1. The Kier molecular flexibility index (Phi) is 3.93. The van der Waals surface area contributed by atoms with Crippen LogP contribution in [0.2, 0.25) is 0 Å². The second-order valence-corrected chi connectivity index (χ2v) is 3.62. The normalized spacial score (nSPS) is 10.1. The lowest BCUT2D eigenvalue weighted by Gasteiger charge is -2.05. The van der Waals surface area contributed by atoms with Gasteiger partial charge in [0.1, 0.15) is 6.33 Å². The predicted octanol–water partition coefficient (Wildman–Crippen LogP) is 0.260. The number of hydrogen-bond donors (Lipinski definition) is 2. The molecular weight excluding hydrogens is 230 g/mol. The van der Waals surface area contributed by atoms with Gasteiger partial charge in [-0.3, -0.25) is 9.78 Å². The van der Waals surface area contributed by atoms with Gasteiger partial charge in [-0.1, -0.05) is 0 Å². The summed E-state index contributed by atoms with van der Waals surface area (Å²) in [4.78, 5) is 23.7. The first-order valence-electron chi connectivity index (χ1n) is 5.47. The van der Waals surface area contributed by atoms with Crippen LogP contribution in [0.25, 0.3) is 0 Å². The standard InChI is InChI=1S/C12H13N5O/c13-6-11-5-9(1-4-15-11)12(18)16-7-10-2-3-14-8-17-10/h1-5,8H,6-7,13H2,(H,16,18). The zero-order valence-corrected chi connectivity index (χ0v) is 9.71. The SMILES string of the molecule is NCc1cc(C(=O)NCc2ccncn2)ccn1. The molecule has 6 nitrogen and oxygen atoms in total. The van der Waals surface area contributed by atoms with Crippen molar-refractivity contribution in [1.29, 1.82) is 0 Å².